The molecule has 0 radical (unpaired) electrons. The third kappa shape index (κ3) is 4.81. The van der Waals surface area contributed by atoms with Crippen molar-refractivity contribution in [2.45, 2.75) is 50.5 Å². The summed E-state index contributed by atoms with van der Waals surface area (Å²) in [6.07, 6.45) is 1.01. The van der Waals surface area contributed by atoms with Gasteiger partial charge in [0.2, 0.25) is 11.8 Å². The van der Waals surface area contributed by atoms with Crippen LogP contribution < -0.4 is 5.32 Å². The number of aryl methyl sites for hydroxylation is 1. The van der Waals surface area contributed by atoms with E-state index in [1.54, 1.807) is 0 Å². The van der Waals surface area contributed by atoms with Crippen molar-refractivity contribution in [3.8, 4) is 11.5 Å². The standard InChI is InChI=1S/C22H25N3O2S/c1-5-15(3)18-11-6-7-12-19(18)23-20(26)16(4)28-22-25-24-21(27-22)17-10-8-9-14(2)13-17/h6-13,15-16H,5H2,1-4H3,(H,23,26)/t15-,16+/m1/s1. The summed E-state index contributed by atoms with van der Waals surface area (Å²) in [5, 5.41) is 11.2. The summed E-state index contributed by atoms with van der Waals surface area (Å²) >= 11 is 1.26. The zero-order valence-electron chi connectivity index (χ0n) is 16.6. The summed E-state index contributed by atoms with van der Waals surface area (Å²) in [6.45, 7) is 8.15. The van der Waals surface area contributed by atoms with E-state index in [-0.39, 0.29) is 11.2 Å². The second-order valence-electron chi connectivity index (χ2n) is 6.89. The van der Waals surface area contributed by atoms with Crippen LogP contribution >= 0.6 is 11.8 Å². The van der Waals surface area contributed by atoms with Crippen molar-refractivity contribution in [3.05, 3.63) is 59.7 Å². The second kappa shape index (κ2) is 9.06. The molecule has 0 saturated carbocycles. The van der Waals surface area contributed by atoms with E-state index in [1.165, 1.54) is 11.8 Å². The number of aromatic nitrogens is 2. The number of rotatable bonds is 7. The molecule has 3 rings (SSSR count). The van der Waals surface area contributed by atoms with Gasteiger partial charge in [-0.3, -0.25) is 4.79 Å². The Morgan fingerprint density at radius 2 is 1.93 bits per heavy atom. The van der Waals surface area contributed by atoms with Crippen molar-refractivity contribution in [2.75, 3.05) is 5.32 Å². The Morgan fingerprint density at radius 1 is 1.14 bits per heavy atom. The first kappa shape index (κ1) is 20.1. The fourth-order valence-corrected chi connectivity index (χ4v) is 3.54. The average molecular weight is 396 g/mol. The van der Waals surface area contributed by atoms with E-state index in [0.717, 1.165) is 28.8 Å². The molecule has 6 heteroatoms. The van der Waals surface area contributed by atoms with E-state index < -0.39 is 0 Å². The van der Waals surface area contributed by atoms with Gasteiger partial charge in [-0.15, -0.1) is 10.2 Å². The van der Waals surface area contributed by atoms with E-state index >= 15 is 0 Å². The Morgan fingerprint density at radius 3 is 2.68 bits per heavy atom. The summed E-state index contributed by atoms with van der Waals surface area (Å²) in [4.78, 5) is 12.7. The molecule has 146 valence electrons. The van der Waals surface area contributed by atoms with Gasteiger partial charge in [0.05, 0.1) is 5.25 Å². The van der Waals surface area contributed by atoms with Crippen molar-refractivity contribution in [2.24, 2.45) is 0 Å². The van der Waals surface area contributed by atoms with Gasteiger partial charge in [-0.2, -0.15) is 0 Å². The van der Waals surface area contributed by atoms with Crippen LogP contribution in [0.3, 0.4) is 0 Å². The van der Waals surface area contributed by atoms with Crippen molar-refractivity contribution < 1.29 is 9.21 Å². The van der Waals surface area contributed by atoms with Crippen LogP contribution in [0, 0.1) is 6.92 Å². The molecule has 0 spiro atoms. The van der Waals surface area contributed by atoms with Crippen molar-refractivity contribution in [3.63, 3.8) is 0 Å². The third-order valence-electron chi connectivity index (χ3n) is 4.68. The number of carbonyl (C=O) groups excluding carboxylic acids is 1. The van der Waals surface area contributed by atoms with Crippen LogP contribution in [0.2, 0.25) is 0 Å². The normalized spacial score (nSPS) is 13.1. The summed E-state index contributed by atoms with van der Waals surface area (Å²) in [7, 11) is 0. The highest BCUT2D eigenvalue weighted by Gasteiger charge is 2.20. The van der Waals surface area contributed by atoms with Crippen molar-refractivity contribution in [1.29, 1.82) is 0 Å². The van der Waals surface area contributed by atoms with Gasteiger partial charge in [0.1, 0.15) is 0 Å². The first-order valence-corrected chi connectivity index (χ1v) is 10.3. The largest absolute Gasteiger partial charge is 0.411 e. The molecule has 0 aliphatic heterocycles. The number of nitrogens with zero attached hydrogens (tertiary/aromatic N) is 2. The predicted molar refractivity (Wildman–Crippen MR) is 114 cm³/mol. The number of hydrogen-bond acceptors (Lipinski definition) is 5. The molecule has 0 bridgehead atoms. The number of hydrogen-bond donors (Lipinski definition) is 1. The van der Waals surface area contributed by atoms with Crippen LogP contribution in [-0.2, 0) is 4.79 Å². The Bertz CT molecular complexity index is 954. The smallest absolute Gasteiger partial charge is 0.277 e. The Labute approximate surface area is 170 Å². The Balaban J connectivity index is 1.67. The zero-order valence-corrected chi connectivity index (χ0v) is 17.4. The summed E-state index contributed by atoms with van der Waals surface area (Å²) in [5.41, 5.74) is 4.01. The lowest BCUT2D eigenvalue weighted by molar-refractivity contribution is -0.115. The summed E-state index contributed by atoms with van der Waals surface area (Å²) in [6, 6.07) is 15.8. The number of thioether (sulfide) groups is 1. The van der Waals surface area contributed by atoms with Crippen LogP contribution in [0.4, 0.5) is 5.69 Å². The Hall–Kier alpha value is -2.60. The number of nitrogens with one attached hydrogen (secondary N) is 1. The molecule has 2 aromatic carbocycles. The zero-order chi connectivity index (χ0) is 20.1. The monoisotopic (exact) mass is 395 g/mol. The maximum atomic E-state index is 12.7. The van der Waals surface area contributed by atoms with Gasteiger partial charge in [0.25, 0.3) is 5.22 Å². The molecule has 1 N–H and O–H groups in total. The number of amides is 1. The quantitative estimate of drug-likeness (QED) is 0.521. The molecule has 3 aromatic rings. The molecular weight excluding hydrogens is 370 g/mol. The van der Waals surface area contributed by atoms with Gasteiger partial charge in [0.15, 0.2) is 0 Å². The van der Waals surface area contributed by atoms with Gasteiger partial charge in [-0.25, -0.2) is 0 Å². The van der Waals surface area contributed by atoms with Crippen LogP contribution in [-0.4, -0.2) is 21.4 Å². The molecule has 0 unspecified atom stereocenters. The highest BCUT2D eigenvalue weighted by molar-refractivity contribution is 8.00. The highest BCUT2D eigenvalue weighted by atomic mass is 32.2. The van der Waals surface area contributed by atoms with Gasteiger partial charge in [0, 0.05) is 11.3 Å². The van der Waals surface area contributed by atoms with Gasteiger partial charge in [-0.05, 0) is 49.9 Å². The molecular formula is C22H25N3O2S. The van der Waals surface area contributed by atoms with E-state index in [9.17, 15) is 4.79 Å². The van der Waals surface area contributed by atoms with Gasteiger partial charge >= 0.3 is 0 Å². The van der Waals surface area contributed by atoms with E-state index in [1.807, 2.05) is 56.3 Å². The highest BCUT2D eigenvalue weighted by Crippen LogP contribution is 2.29. The molecule has 1 amide bonds. The van der Waals surface area contributed by atoms with Gasteiger partial charge in [-0.1, -0.05) is 61.5 Å². The minimum absolute atomic E-state index is 0.0870. The second-order valence-corrected chi connectivity index (χ2v) is 8.18. The lowest BCUT2D eigenvalue weighted by Crippen LogP contribution is -2.23. The van der Waals surface area contributed by atoms with Crippen molar-refractivity contribution in [1.82, 2.24) is 10.2 Å². The number of benzene rings is 2. The van der Waals surface area contributed by atoms with Crippen LogP contribution in [0.15, 0.2) is 58.2 Å². The SMILES string of the molecule is CC[C@@H](C)c1ccccc1NC(=O)[C@H](C)Sc1nnc(-c2cccc(C)c2)o1. The lowest BCUT2D eigenvalue weighted by Gasteiger charge is -2.17. The molecule has 0 saturated heterocycles. The number of carbonyl (C=O) groups is 1. The predicted octanol–water partition coefficient (Wildman–Crippen LogP) is 5.68. The first-order chi connectivity index (χ1) is 13.5. The number of para-hydroxylation sites is 1. The average Bonchev–Trinajstić information content (AvgIpc) is 3.16. The summed E-state index contributed by atoms with van der Waals surface area (Å²) in [5.74, 6) is 0.754. The van der Waals surface area contributed by atoms with E-state index in [0.29, 0.717) is 17.0 Å². The summed E-state index contributed by atoms with van der Waals surface area (Å²) < 4.78 is 5.74. The third-order valence-corrected chi connectivity index (χ3v) is 5.61. The number of anilines is 1. The van der Waals surface area contributed by atoms with Crippen molar-refractivity contribution >= 4 is 23.4 Å². The topological polar surface area (TPSA) is 68.0 Å². The maximum Gasteiger partial charge on any atom is 0.277 e. The molecule has 2 atom stereocenters. The minimum atomic E-state index is -0.365. The molecule has 1 heterocycles. The molecule has 1 aromatic heterocycles. The van der Waals surface area contributed by atoms with E-state index in [2.05, 4.69) is 35.4 Å². The molecule has 0 aliphatic rings. The fraction of sp³-hybridized carbons (Fsp3) is 0.318. The van der Waals surface area contributed by atoms with Gasteiger partial charge < -0.3 is 9.73 Å². The fourth-order valence-electron chi connectivity index (χ4n) is 2.85. The molecule has 0 fully saturated rings. The van der Waals surface area contributed by atoms with E-state index in [4.69, 9.17) is 4.42 Å². The first-order valence-electron chi connectivity index (χ1n) is 9.45. The minimum Gasteiger partial charge on any atom is -0.411 e. The lowest BCUT2D eigenvalue weighted by atomic mass is 9.97. The molecule has 0 aliphatic carbocycles. The Kier molecular flexibility index (Phi) is 6.52. The maximum absolute atomic E-state index is 12.7. The molecule has 28 heavy (non-hydrogen) atoms. The van der Waals surface area contributed by atoms with Crippen LogP contribution in [0.5, 0.6) is 0 Å². The van der Waals surface area contributed by atoms with Crippen LogP contribution in [0.1, 0.15) is 44.2 Å². The molecule has 5 nitrogen and oxygen atoms in total. The van der Waals surface area contributed by atoms with Crippen LogP contribution in [0.25, 0.3) is 11.5 Å².